The lowest BCUT2D eigenvalue weighted by molar-refractivity contribution is -0.384. The average molecular weight is 443 g/mol. The maximum atomic E-state index is 12.4. The van der Waals surface area contributed by atoms with Crippen molar-refractivity contribution in [2.75, 3.05) is 5.32 Å². The van der Waals surface area contributed by atoms with Gasteiger partial charge in [-0.2, -0.15) is 0 Å². The summed E-state index contributed by atoms with van der Waals surface area (Å²) in [6.07, 6.45) is 2.12. The molecular weight excluding hydrogens is 433 g/mol. The molecule has 0 radical (unpaired) electrons. The van der Waals surface area contributed by atoms with Crippen LogP contribution in [0.2, 0.25) is 15.1 Å². The molecule has 1 aromatic heterocycles. The monoisotopic (exact) mass is 441 g/mol. The molecule has 0 aliphatic heterocycles. The third kappa shape index (κ3) is 4.75. The molecule has 0 aliphatic carbocycles. The van der Waals surface area contributed by atoms with E-state index < -0.39 is 10.8 Å². The molecule has 0 saturated carbocycles. The van der Waals surface area contributed by atoms with E-state index in [1.165, 1.54) is 23.5 Å². The van der Waals surface area contributed by atoms with Gasteiger partial charge in [-0.1, -0.05) is 34.8 Å². The van der Waals surface area contributed by atoms with E-state index in [1.54, 1.807) is 24.4 Å². The number of anilines is 1. The molecule has 0 spiro atoms. The summed E-state index contributed by atoms with van der Waals surface area (Å²) in [6, 6.07) is 8.85. The van der Waals surface area contributed by atoms with Gasteiger partial charge in [-0.15, -0.1) is 11.3 Å². The van der Waals surface area contributed by atoms with Gasteiger partial charge in [0, 0.05) is 39.7 Å². The van der Waals surface area contributed by atoms with Crippen LogP contribution in [0.15, 0.2) is 42.6 Å². The van der Waals surface area contributed by atoms with Gasteiger partial charge in [0.25, 0.3) is 11.6 Å². The average Bonchev–Trinajstić information content (AvgIpc) is 3.05. The number of rotatable bonds is 5. The van der Waals surface area contributed by atoms with Gasteiger partial charge in [0.15, 0.2) is 5.13 Å². The van der Waals surface area contributed by atoms with Crippen LogP contribution < -0.4 is 5.32 Å². The number of hydrogen-bond donors (Lipinski definition) is 1. The van der Waals surface area contributed by atoms with Crippen molar-refractivity contribution >= 4 is 62.9 Å². The third-order valence-corrected chi connectivity index (χ3v) is 5.40. The van der Waals surface area contributed by atoms with Gasteiger partial charge in [0.1, 0.15) is 0 Å². The van der Waals surface area contributed by atoms with Crippen molar-refractivity contribution in [3.8, 4) is 0 Å². The van der Waals surface area contributed by atoms with E-state index in [2.05, 4.69) is 10.3 Å². The van der Waals surface area contributed by atoms with Crippen LogP contribution in [-0.4, -0.2) is 15.8 Å². The summed E-state index contributed by atoms with van der Waals surface area (Å²) in [5.74, 6) is -0.578. The number of carbonyl (C=O) groups excluding carboxylic acids is 1. The maximum Gasteiger partial charge on any atom is 0.270 e. The number of benzene rings is 2. The Bertz CT molecular complexity index is 1040. The van der Waals surface area contributed by atoms with Crippen molar-refractivity contribution in [2.24, 2.45) is 0 Å². The lowest BCUT2D eigenvalue weighted by Gasteiger charge is -2.04. The number of nitro groups is 1. The zero-order valence-electron chi connectivity index (χ0n) is 13.4. The van der Waals surface area contributed by atoms with Crippen molar-refractivity contribution in [2.45, 2.75) is 6.42 Å². The summed E-state index contributed by atoms with van der Waals surface area (Å²) in [4.78, 5) is 27.7. The number of thiazole rings is 1. The normalized spacial score (nSPS) is 10.6. The van der Waals surface area contributed by atoms with Crippen LogP contribution in [0.4, 0.5) is 10.8 Å². The summed E-state index contributed by atoms with van der Waals surface area (Å²) in [5, 5.41) is 15.1. The molecule has 3 aromatic rings. The molecule has 0 unspecified atom stereocenters. The number of nitrogens with zero attached hydrogens (tertiary/aromatic N) is 2. The van der Waals surface area contributed by atoms with Gasteiger partial charge in [0.05, 0.1) is 15.5 Å². The fourth-order valence-electron chi connectivity index (χ4n) is 2.28. The molecule has 1 N–H and O–H groups in total. The van der Waals surface area contributed by atoms with Crippen LogP contribution in [0.3, 0.4) is 0 Å². The fraction of sp³-hybridized carbons (Fsp3) is 0.0588. The first kappa shape index (κ1) is 19.6. The highest BCUT2D eigenvalue weighted by Crippen LogP contribution is 2.28. The predicted octanol–water partition coefficient (Wildman–Crippen LogP) is 5.85. The number of hydrogen-bond acceptors (Lipinski definition) is 5. The van der Waals surface area contributed by atoms with Crippen molar-refractivity contribution in [1.82, 2.24) is 4.98 Å². The Balaban J connectivity index is 1.76. The second-order valence-electron chi connectivity index (χ2n) is 5.42. The molecule has 1 amide bonds. The van der Waals surface area contributed by atoms with E-state index in [1.807, 2.05) is 0 Å². The molecule has 27 heavy (non-hydrogen) atoms. The molecule has 2 aromatic carbocycles. The number of carbonyl (C=O) groups is 1. The summed E-state index contributed by atoms with van der Waals surface area (Å²) in [7, 11) is 0. The minimum absolute atomic E-state index is 0.000465. The van der Waals surface area contributed by atoms with E-state index in [0.29, 0.717) is 21.6 Å². The van der Waals surface area contributed by atoms with Crippen LogP contribution in [0.1, 0.15) is 20.8 Å². The van der Waals surface area contributed by atoms with E-state index in [9.17, 15) is 14.9 Å². The van der Waals surface area contributed by atoms with E-state index in [4.69, 9.17) is 34.8 Å². The number of amides is 1. The van der Waals surface area contributed by atoms with Crippen LogP contribution in [0.5, 0.6) is 0 Å². The molecule has 0 saturated heterocycles. The first-order valence-electron chi connectivity index (χ1n) is 7.47. The SMILES string of the molecule is O=C(Nc1ncc(Cc2cc(Cl)ccc2Cl)s1)c1cc([N+](=O)[O-])ccc1Cl. The van der Waals surface area contributed by atoms with Crippen molar-refractivity contribution < 1.29 is 9.72 Å². The van der Waals surface area contributed by atoms with Crippen LogP contribution in [0.25, 0.3) is 0 Å². The minimum Gasteiger partial charge on any atom is -0.298 e. The van der Waals surface area contributed by atoms with Crippen LogP contribution in [-0.2, 0) is 6.42 Å². The minimum atomic E-state index is -0.594. The highest BCUT2D eigenvalue weighted by molar-refractivity contribution is 7.15. The summed E-state index contributed by atoms with van der Waals surface area (Å²) in [6.45, 7) is 0. The van der Waals surface area contributed by atoms with Gasteiger partial charge in [-0.3, -0.25) is 20.2 Å². The number of non-ortho nitro benzene ring substituents is 1. The Kier molecular flexibility index (Phi) is 5.96. The van der Waals surface area contributed by atoms with Crippen molar-refractivity contribution in [3.63, 3.8) is 0 Å². The van der Waals surface area contributed by atoms with Gasteiger partial charge < -0.3 is 0 Å². The molecule has 138 valence electrons. The highest BCUT2D eigenvalue weighted by atomic mass is 35.5. The number of aromatic nitrogens is 1. The Hall–Kier alpha value is -2.19. The standard InChI is InChI=1S/C17H10Cl3N3O3S/c18-10-1-3-14(19)9(5-10)6-12-8-21-17(27-12)22-16(24)13-7-11(23(25)26)2-4-15(13)20/h1-5,7-8H,6H2,(H,21,22,24). The Labute approximate surface area is 172 Å². The van der Waals surface area contributed by atoms with Crippen LogP contribution >= 0.6 is 46.1 Å². The Morgan fingerprint density at radius 3 is 2.63 bits per heavy atom. The smallest absolute Gasteiger partial charge is 0.270 e. The van der Waals surface area contributed by atoms with Gasteiger partial charge >= 0.3 is 0 Å². The second-order valence-corrected chi connectivity index (χ2v) is 7.79. The van der Waals surface area contributed by atoms with E-state index >= 15 is 0 Å². The Morgan fingerprint density at radius 1 is 1.15 bits per heavy atom. The highest BCUT2D eigenvalue weighted by Gasteiger charge is 2.17. The Morgan fingerprint density at radius 2 is 1.89 bits per heavy atom. The van der Waals surface area contributed by atoms with E-state index in [0.717, 1.165) is 16.5 Å². The van der Waals surface area contributed by atoms with Gasteiger partial charge in [-0.05, 0) is 29.8 Å². The second kappa shape index (κ2) is 8.22. The third-order valence-electron chi connectivity index (χ3n) is 3.55. The van der Waals surface area contributed by atoms with Crippen LogP contribution in [0, 0.1) is 10.1 Å². The summed E-state index contributed by atoms with van der Waals surface area (Å²) < 4.78 is 0. The fourth-order valence-corrected chi connectivity index (χ4v) is 3.69. The topological polar surface area (TPSA) is 85.1 Å². The molecule has 3 rings (SSSR count). The number of nitrogens with one attached hydrogen (secondary N) is 1. The van der Waals surface area contributed by atoms with Gasteiger partial charge in [0.2, 0.25) is 0 Å². The van der Waals surface area contributed by atoms with Gasteiger partial charge in [-0.25, -0.2) is 4.98 Å². The first-order chi connectivity index (χ1) is 12.8. The lowest BCUT2D eigenvalue weighted by Crippen LogP contribution is -2.12. The summed E-state index contributed by atoms with van der Waals surface area (Å²) >= 11 is 19.4. The van der Waals surface area contributed by atoms with Crippen molar-refractivity contribution in [1.29, 1.82) is 0 Å². The molecule has 1 heterocycles. The first-order valence-corrected chi connectivity index (χ1v) is 9.42. The largest absolute Gasteiger partial charge is 0.298 e. The molecule has 0 aliphatic rings. The number of nitro benzene ring substituents is 1. The zero-order chi connectivity index (χ0) is 19.6. The maximum absolute atomic E-state index is 12.4. The molecule has 0 atom stereocenters. The zero-order valence-corrected chi connectivity index (χ0v) is 16.5. The summed E-state index contributed by atoms with van der Waals surface area (Å²) in [5.41, 5.74) is 0.618. The van der Waals surface area contributed by atoms with E-state index in [-0.39, 0.29) is 16.3 Å². The predicted molar refractivity (Wildman–Crippen MR) is 107 cm³/mol. The lowest BCUT2D eigenvalue weighted by atomic mass is 10.1. The molecule has 0 bridgehead atoms. The number of halogens is 3. The quantitative estimate of drug-likeness (QED) is 0.396. The van der Waals surface area contributed by atoms with Crippen molar-refractivity contribution in [3.05, 3.63) is 83.8 Å². The molecule has 10 heteroatoms. The molecule has 6 nitrogen and oxygen atoms in total. The molecule has 0 fully saturated rings. The molecular formula is C17H10Cl3N3O3S.